The molecule has 1 aromatic heterocycles. The number of piperidine rings is 1. The Morgan fingerprint density at radius 2 is 2.27 bits per heavy atom. The number of amides is 1. The van der Waals surface area contributed by atoms with E-state index in [1.807, 2.05) is 17.3 Å². The summed E-state index contributed by atoms with van der Waals surface area (Å²) in [6, 6.07) is 9.04. The van der Waals surface area contributed by atoms with Gasteiger partial charge in [0.15, 0.2) is 0 Å². The number of likely N-dealkylation sites (tertiary alicyclic amines) is 1. The first-order chi connectivity index (χ1) is 12.6. The normalized spacial score (nSPS) is 17.3. The summed E-state index contributed by atoms with van der Waals surface area (Å²) in [5, 5.41) is 9.05. The highest BCUT2D eigenvalue weighted by atomic mass is 16.2. The van der Waals surface area contributed by atoms with Crippen molar-refractivity contribution in [2.45, 2.75) is 25.3 Å². The van der Waals surface area contributed by atoms with Gasteiger partial charge in [-0.2, -0.15) is 5.26 Å². The number of carbonyl (C=O) groups is 1. The van der Waals surface area contributed by atoms with Crippen LogP contribution in [0.25, 0.3) is 0 Å². The molecule has 1 aliphatic rings. The highest BCUT2D eigenvalue weighted by Crippen LogP contribution is 2.27. The summed E-state index contributed by atoms with van der Waals surface area (Å²) in [6.45, 7) is 3.29. The molecular weight excluding hydrogens is 326 g/mol. The van der Waals surface area contributed by atoms with E-state index in [2.05, 4.69) is 34.6 Å². The molecule has 26 heavy (non-hydrogen) atoms. The number of rotatable bonds is 5. The molecule has 6 nitrogen and oxygen atoms in total. The average molecular weight is 351 g/mol. The predicted molar refractivity (Wildman–Crippen MR) is 99.8 cm³/mol. The van der Waals surface area contributed by atoms with Gasteiger partial charge in [0.2, 0.25) is 0 Å². The first kappa shape index (κ1) is 18.2. The fourth-order valence-corrected chi connectivity index (χ4v) is 3.45. The average Bonchev–Trinajstić information content (AvgIpc) is 3.14. The van der Waals surface area contributed by atoms with Crippen LogP contribution in [-0.2, 0) is 6.54 Å². The lowest BCUT2D eigenvalue weighted by molar-refractivity contribution is 0.0703. The smallest absolute Gasteiger partial charge is 0.253 e. The lowest BCUT2D eigenvalue weighted by Crippen LogP contribution is -2.40. The van der Waals surface area contributed by atoms with Crippen molar-refractivity contribution >= 4 is 5.91 Å². The number of imidazole rings is 1. The number of likely N-dealkylation sites (N-methyl/N-ethyl adjacent to an activating group) is 1. The number of hydrogen-bond donors (Lipinski definition) is 0. The van der Waals surface area contributed by atoms with Crippen molar-refractivity contribution in [3.63, 3.8) is 0 Å². The number of nitriles is 1. The molecule has 3 rings (SSSR count). The zero-order chi connectivity index (χ0) is 18.5. The topological polar surface area (TPSA) is 65.2 Å². The number of hydrogen-bond acceptors (Lipinski definition) is 4. The van der Waals surface area contributed by atoms with E-state index in [-0.39, 0.29) is 11.8 Å². The van der Waals surface area contributed by atoms with Crippen LogP contribution in [0.2, 0.25) is 0 Å². The SMILES string of the molecule is CN(C)CCn1ccnc1[C@H]1CCCN(C(=O)c2cccc(C#N)c2)C1. The summed E-state index contributed by atoms with van der Waals surface area (Å²) in [6.07, 6.45) is 5.88. The number of nitrogens with zero attached hydrogens (tertiary/aromatic N) is 5. The van der Waals surface area contributed by atoms with Crippen LogP contribution in [0.1, 0.15) is 40.5 Å². The highest BCUT2D eigenvalue weighted by Gasteiger charge is 2.28. The molecule has 0 unspecified atom stereocenters. The fraction of sp³-hybridized carbons (Fsp3) is 0.450. The van der Waals surface area contributed by atoms with Gasteiger partial charge in [-0.05, 0) is 45.1 Å². The fourth-order valence-electron chi connectivity index (χ4n) is 3.45. The van der Waals surface area contributed by atoms with E-state index in [9.17, 15) is 4.79 Å². The first-order valence-electron chi connectivity index (χ1n) is 9.03. The minimum atomic E-state index is -0.00167. The van der Waals surface area contributed by atoms with Crippen molar-refractivity contribution < 1.29 is 4.79 Å². The molecule has 1 saturated heterocycles. The molecule has 2 aromatic rings. The largest absolute Gasteiger partial charge is 0.338 e. The van der Waals surface area contributed by atoms with Crippen LogP contribution in [0.15, 0.2) is 36.7 Å². The van der Waals surface area contributed by atoms with Gasteiger partial charge in [0, 0.05) is 50.1 Å². The van der Waals surface area contributed by atoms with Crippen molar-refractivity contribution in [2.75, 3.05) is 33.7 Å². The number of aromatic nitrogens is 2. The third-order valence-corrected chi connectivity index (χ3v) is 4.85. The molecule has 136 valence electrons. The van der Waals surface area contributed by atoms with Gasteiger partial charge in [-0.3, -0.25) is 4.79 Å². The maximum Gasteiger partial charge on any atom is 0.253 e. The van der Waals surface area contributed by atoms with Gasteiger partial charge in [0.05, 0.1) is 11.6 Å². The van der Waals surface area contributed by atoms with Gasteiger partial charge in [-0.15, -0.1) is 0 Å². The lowest BCUT2D eigenvalue weighted by atomic mass is 9.96. The van der Waals surface area contributed by atoms with Gasteiger partial charge in [0.1, 0.15) is 5.82 Å². The summed E-state index contributed by atoms with van der Waals surface area (Å²) < 4.78 is 2.20. The summed E-state index contributed by atoms with van der Waals surface area (Å²) in [4.78, 5) is 21.5. The Morgan fingerprint density at radius 3 is 3.04 bits per heavy atom. The van der Waals surface area contributed by atoms with Crippen LogP contribution in [0.4, 0.5) is 0 Å². The Bertz CT molecular complexity index is 805. The zero-order valence-corrected chi connectivity index (χ0v) is 15.4. The Morgan fingerprint density at radius 1 is 1.42 bits per heavy atom. The van der Waals surface area contributed by atoms with Gasteiger partial charge >= 0.3 is 0 Å². The first-order valence-corrected chi connectivity index (χ1v) is 9.03. The molecule has 1 amide bonds. The van der Waals surface area contributed by atoms with Crippen LogP contribution in [0.5, 0.6) is 0 Å². The Balaban J connectivity index is 1.72. The zero-order valence-electron chi connectivity index (χ0n) is 15.4. The minimum Gasteiger partial charge on any atom is -0.338 e. The lowest BCUT2D eigenvalue weighted by Gasteiger charge is -2.33. The second-order valence-corrected chi connectivity index (χ2v) is 7.07. The van der Waals surface area contributed by atoms with Crippen LogP contribution in [0, 0.1) is 11.3 Å². The summed E-state index contributed by atoms with van der Waals surface area (Å²) in [5.41, 5.74) is 1.10. The standard InChI is InChI=1S/C20H25N5O/c1-23(2)11-12-24-10-8-22-19(24)18-7-4-9-25(15-18)20(26)17-6-3-5-16(13-17)14-21/h3,5-6,8,10,13,18H,4,7,9,11-12,15H2,1-2H3/t18-/m0/s1. The molecule has 0 bridgehead atoms. The van der Waals surface area contributed by atoms with Gasteiger partial charge < -0.3 is 14.4 Å². The maximum absolute atomic E-state index is 12.9. The van der Waals surface area contributed by atoms with Crippen LogP contribution in [-0.4, -0.2) is 59.0 Å². The van der Waals surface area contributed by atoms with E-state index in [0.29, 0.717) is 17.7 Å². The molecule has 0 spiro atoms. The van der Waals surface area contributed by atoms with Crippen molar-refractivity contribution in [3.8, 4) is 6.07 Å². The predicted octanol–water partition coefficient (Wildman–Crippen LogP) is 2.34. The van der Waals surface area contributed by atoms with Crippen molar-refractivity contribution in [2.24, 2.45) is 0 Å². The second kappa shape index (κ2) is 8.15. The molecule has 1 atom stereocenters. The molecule has 0 saturated carbocycles. The monoisotopic (exact) mass is 351 g/mol. The quantitative estimate of drug-likeness (QED) is 0.829. The third-order valence-electron chi connectivity index (χ3n) is 4.85. The van der Waals surface area contributed by atoms with E-state index in [1.54, 1.807) is 24.3 Å². The number of carbonyl (C=O) groups excluding carboxylic acids is 1. The molecule has 1 aromatic carbocycles. The van der Waals surface area contributed by atoms with Gasteiger partial charge in [-0.25, -0.2) is 4.98 Å². The molecule has 0 N–H and O–H groups in total. The molecule has 0 aliphatic carbocycles. The molecule has 0 radical (unpaired) electrons. The molecule has 1 fully saturated rings. The minimum absolute atomic E-state index is 0.00167. The highest BCUT2D eigenvalue weighted by molar-refractivity contribution is 5.94. The Hall–Kier alpha value is -2.65. The van der Waals surface area contributed by atoms with Crippen LogP contribution < -0.4 is 0 Å². The summed E-state index contributed by atoms with van der Waals surface area (Å²) >= 11 is 0. The third kappa shape index (κ3) is 4.12. The van der Waals surface area contributed by atoms with Crippen LogP contribution >= 0.6 is 0 Å². The van der Waals surface area contributed by atoms with Gasteiger partial charge in [-0.1, -0.05) is 6.07 Å². The van der Waals surface area contributed by atoms with E-state index in [1.165, 1.54) is 0 Å². The van der Waals surface area contributed by atoms with Gasteiger partial charge in [0.25, 0.3) is 5.91 Å². The molecule has 2 heterocycles. The second-order valence-electron chi connectivity index (χ2n) is 7.07. The Labute approximate surface area is 154 Å². The summed E-state index contributed by atoms with van der Waals surface area (Å²) in [7, 11) is 4.12. The van der Waals surface area contributed by atoms with Crippen molar-refractivity contribution in [3.05, 3.63) is 53.6 Å². The molecule has 6 heteroatoms. The van der Waals surface area contributed by atoms with Crippen molar-refractivity contribution in [1.82, 2.24) is 19.4 Å². The molecular formula is C20H25N5O. The Kier molecular flexibility index (Phi) is 5.69. The number of benzene rings is 1. The maximum atomic E-state index is 12.9. The van der Waals surface area contributed by atoms with E-state index in [0.717, 1.165) is 38.3 Å². The summed E-state index contributed by atoms with van der Waals surface area (Å²) in [5.74, 6) is 1.32. The van der Waals surface area contributed by atoms with E-state index in [4.69, 9.17) is 5.26 Å². The molecule has 1 aliphatic heterocycles. The van der Waals surface area contributed by atoms with E-state index < -0.39 is 0 Å². The van der Waals surface area contributed by atoms with E-state index >= 15 is 0 Å². The van der Waals surface area contributed by atoms with Crippen LogP contribution in [0.3, 0.4) is 0 Å². The van der Waals surface area contributed by atoms with Crippen molar-refractivity contribution in [1.29, 1.82) is 5.26 Å².